The van der Waals surface area contributed by atoms with Gasteiger partial charge in [0.15, 0.2) is 0 Å². The van der Waals surface area contributed by atoms with Gasteiger partial charge >= 0.3 is 6.36 Å². The summed E-state index contributed by atoms with van der Waals surface area (Å²) in [5.41, 5.74) is 0.248. The lowest BCUT2D eigenvalue weighted by Crippen LogP contribution is -2.59. The number of nitrogens with zero attached hydrogens (tertiary/aromatic N) is 3. The Labute approximate surface area is 195 Å². The molecule has 1 aromatic carbocycles. The summed E-state index contributed by atoms with van der Waals surface area (Å²) in [4.78, 5) is 30.6. The van der Waals surface area contributed by atoms with E-state index >= 15 is 0 Å². The third-order valence-corrected chi connectivity index (χ3v) is 7.24. The van der Waals surface area contributed by atoms with Gasteiger partial charge in [0.25, 0.3) is 0 Å². The Kier molecular flexibility index (Phi) is 6.54. The first-order chi connectivity index (χ1) is 15.5. The van der Waals surface area contributed by atoms with E-state index in [1.54, 1.807) is 6.92 Å². The summed E-state index contributed by atoms with van der Waals surface area (Å²) in [7, 11) is 0. The zero-order valence-corrected chi connectivity index (χ0v) is 19.0. The van der Waals surface area contributed by atoms with E-state index in [4.69, 9.17) is 11.6 Å². The van der Waals surface area contributed by atoms with Crippen molar-refractivity contribution in [1.82, 2.24) is 9.80 Å². The molecule has 4 rings (SSSR count). The molecule has 1 N–H and O–H groups in total. The quantitative estimate of drug-likeness (QED) is 0.665. The molecule has 33 heavy (non-hydrogen) atoms. The van der Waals surface area contributed by atoms with Crippen molar-refractivity contribution in [2.75, 3.05) is 37.6 Å². The van der Waals surface area contributed by atoms with E-state index in [0.29, 0.717) is 19.5 Å². The lowest BCUT2D eigenvalue weighted by atomic mass is 9.90. The fourth-order valence-corrected chi connectivity index (χ4v) is 4.97. The maximum atomic E-state index is 12.9. The topological polar surface area (TPSA) is 73.3 Å². The Morgan fingerprint density at radius 3 is 2.58 bits per heavy atom. The number of carbonyl (C=O) groups excluding carboxylic acids is 2. The molecule has 3 aliphatic rings. The van der Waals surface area contributed by atoms with Crippen LogP contribution in [0.1, 0.15) is 32.6 Å². The van der Waals surface area contributed by atoms with E-state index in [-0.39, 0.29) is 34.7 Å². The summed E-state index contributed by atoms with van der Waals surface area (Å²) in [6, 6.07) is 2.73. The van der Waals surface area contributed by atoms with Gasteiger partial charge in [-0.3, -0.25) is 14.5 Å². The van der Waals surface area contributed by atoms with Crippen molar-refractivity contribution in [3.8, 4) is 5.75 Å². The number of aliphatic hydroxyl groups excluding tert-OH is 1. The van der Waals surface area contributed by atoms with Crippen molar-refractivity contribution in [3.63, 3.8) is 0 Å². The predicted molar refractivity (Wildman–Crippen MR) is 115 cm³/mol. The van der Waals surface area contributed by atoms with Crippen LogP contribution in [0.15, 0.2) is 18.2 Å². The standard InChI is InChI=1S/C22H27ClF3N3O4/c1-14-20(32)28(9-2-8-27-10-7-21(5-6-21)18(30)12-27)13-19(31)29(14)15-3-4-16(23)17(11-15)33-22(24,25)26/h3-4,11,14,18,30H,2,5-10,12-13H2,1H3/t14-,18+/m0/s1. The Hall–Kier alpha value is -2.04. The molecule has 1 saturated carbocycles. The Bertz CT molecular complexity index is 925. The highest BCUT2D eigenvalue weighted by Gasteiger charge is 2.51. The molecule has 0 aromatic heterocycles. The predicted octanol–water partition coefficient (Wildman–Crippen LogP) is 3.04. The summed E-state index contributed by atoms with van der Waals surface area (Å²) < 4.78 is 41.8. The van der Waals surface area contributed by atoms with Crippen LogP contribution in [0.4, 0.5) is 18.9 Å². The second-order valence-electron chi connectivity index (χ2n) is 9.14. The summed E-state index contributed by atoms with van der Waals surface area (Å²) >= 11 is 5.79. The van der Waals surface area contributed by atoms with Gasteiger partial charge < -0.3 is 19.6 Å². The lowest BCUT2D eigenvalue weighted by molar-refractivity contribution is -0.274. The van der Waals surface area contributed by atoms with E-state index in [1.807, 2.05) is 0 Å². The van der Waals surface area contributed by atoms with Gasteiger partial charge in [0.05, 0.1) is 11.1 Å². The second kappa shape index (κ2) is 8.96. The first-order valence-corrected chi connectivity index (χ1v) is 11.4. The van der Waals surface area contributed by atoms with Gasteiger partial charge in [-0.15, -0.1) is 13.2 Å². The third kappa shape index (κ3) is 5.22. The van der Waals surface area contributed by atoms with Crippen molar-refractivity contribution in [2.45, 2.75) is 51.1 Å². The van der Waals surface area contributed by atoms with Crippen molar-refractivity contribution in [3.05, 3.63) is 23.2 Å². The number of alkyl halides is 3. The molecular weight excluding hydrogens is 463 g/mol. The number of ether oxygens (including phenoxy) is 1. The minimum absolute atomic E-state index is 0.112. The number of aliphatic hydroxyl groups is 1. The molecule has 1 aromatic rings. The van der Waals surface area contributed by atoms with Gasteiger partial charge in [-0.1, -0.05) is 11.6 Å². The SMILES string of the molecule is C[C@H]1C(=O)N(CCCN2CCC3(CC3)[C@H](O)C2)CC(=O)N1c1ccc(Cl)c(OC(F)(F)F)c1. The van der Waals surface area contributed by atoms with E-state index in [9.17, 15) is 27.9 Å². The van der Waals surface area contributed by atoms with Crippen LogP contribution in [0.2, 0.25) is 5.02 Å². The number of carbonyl (C=O) groups is 2. The highest BCUT2D eigenvalue weighted by atomic mass is 35.5. The molecule has 0 bridgehead atoms. The van der Waals surface area contributed by atoms with Gasteiger partial charge in [0.2, 0.25) is 11.8 Å². The van der Waals surface area contributed by atoms with Gasteiger partial charge in [-0.2, -0.15) is 0 Å². The monoisotopic (exact) mass is 489 g/mol. The summed E-state index contributed by atoms with van der Waals surface area (Å²) in [6.07, 6.45) is -1.39. The van der Waals surface area contributed by atoms with Crippen LogP contribution in [0.5, 0.6) is 5.75 Å². The highest BCUT2D eigenvalue weighted by molar-refractivity contribution is 6.32. The number of piperazine rings is 1. The minimum atomic E-state index is -4.93. The van der Waals surface area contributed by atoms with E-state index < -0.39 is 24.1 Å². The summed E-state index contributed by atoms with van der Waals surface area (Å²) in [5.74, 6) is -1.31. The van der Waals surface area contributed by atoms with Gasteiger partial charge in [0.1, 0.15) is 18.3 Å². The van der Waals surface area contributed by atoms with Crippen LogP contribution in [0, 0.1) is 5.41 Å². The Morgan fingerprint density at radius 2 is 1.94 bits per heavy atom. The number of halogens is 4. The molecule has 2 aliphatic heterocycles. The normalized spacial score (nSPS) is 25.6. The smallest absolute Gasteiger partial charge is 0.404 e. The van der Waals surface area contributed by atoms with Crippen LogP contribution in [-0.2, 0) is 9.59 Å². The molecule has 0 radical (unpaired) electrons. The fourth-order valence-electron chi connectivity index (χ4n) is 4.82. The van der Waals surface area contributed by atoms with Gasteiger partial charge in [0, 0.05) is 24.8 Å². The van der Waals surface area contributed by atoms with Gasteiger partial charge in [-0.25, -0.2) is 0 Å². The molecule has 3 fully saturated rings. The molecule has 0 unspecified atom stereocenters. The Morgan fingerprint density at radius 1 is 1.21 bits per heavy atom. The number of hydrogen-bond acceptors (Lipinski definition) is 5. The molecule has 1 aliphatic carbocycles. The van der Waals surface area contributed by atoms with Crippen molar-refractivity contribution in [2.24, 2.45) is 5.41 Å². The fraction of sp³-hybridized carbons (Fsp3) is 0.636. The van der Waals surface area contributed by atoms with Crippen LogP contribution >= 0.6 is 11.6 Å². The zero-order chi connectivity index (χ0) is 24.0. The van der Waals surface area contributed by atoms with E-state index in [1.165, 1.54) is 21.9 Å². The molecule has 2 saturated heterocycles. The van der Waals surface area contributed by atoms with Gasteiger partial charge in [-0.05, 0) is 63.2 Å². The van der Waals surface area contributed by atoms with Crippen molar-refractivity contribution in [1.29, 1.82) is 0 Å². The van der Waals surface area contributed by atoms with Crippen LogP contribution in [-0.4, -0.2) is 78.0 Å². The number of benzene rings is 1. The molecule has 7 nitrogen and oxygen atoms in total. The maximum absolute atomic E-state index is 12.9. The number of rotatable bonds is 6. The number of hydrogen-bond donors (Lipinski definition) is 1. The maximum Gasteiger partial charge on any atom is 0.573 e. The highest BCUT2D eigenvalue weighted by Crippen LogP contribution is 2.53. The zero-order valence-electron chi connectivity index (χ0n) is 18.3. The van der Waals surface area contributed by atoms with Crippen LogP contribution < -0.4 is 9.64 Å². The second-order valence-corrected chi connectivity index (χ2v) is 9.55. The molecule has 1 spiro atoms. The van der Waals surface area contributed by atoms with Crippen LogP contribution in [0.25, 0.3) is 0 Å². The summed E-state index contributed by atoms with van der Waals surface area (Å²) in [6.45, 7) is 4.05. The number of anilines is 1. The van der Waals surface area contributed by atoms with E-state index in [2.05, 4.69) is 9.64 Å². The molecular formula is C22H27ClF3N3O4. The third-order valence-electron chi connectivity index (χ3n) is 6.93. The number of likely N-dealkylation sites (tertiary alicyclic amines) is 1. The molecule has 2 heterocycles. The lowest BCUT2D eigenvalue weighted by Gasteiger charge is -2.39. The molecule has 2 amide bonds. The summed E-state index contributed by atoms with van der Waals surface area (Å²) in [5, 5.41) is 10.1. The first kappa shape index (κ1) is 24.1. The molecule has 2 atom stereocenters. The van der Waals surface area contributed by atoms with E-state index in [0.717, 1.165) is 38.4 Å². The Balaban J connectivity index is 1.35. The molecule has 182 valence electrons. The minimum Gasteiger partial charge on any atom is -0.404 e. The number of piperidine rings is 1. The average molecular weight is 490 g/mol. The average Bonchev–Trinajstić information content (AvgIpc) is 3.51. The number of amides is 2. The van der Waals surface area contributed by atoms with Crippen molar-refractivity contribution >= 4 is 29.1 Å². The molecule has 11 heteroatoms. The largest absolute Gasteiger partial charge is 0.573 e. The van der Waals surface area contributed by atoms with Crippen molar-refractivity contribution < 1.29 is 32.6 Å². The van der Waals surface area contributed by atoms with Crippen LogP contribution in [0.3, 0.4) is 0 Å². The number of β-amino-alcohol motifs (C(OH)–C–C–N with tert-alkyl or cyclic N) is 1. The first-order valence-electron chi connectivity index (χ1n) is 11.1.